The summed E-state index contributed by atoms with van der Waals surface area (Å²) in [5.74, 6) is 1.67. The van der Waals surface area contributed by atoms with Crippen molar-refractivity contribution in [1.82, 2.24) is 10.6 Å². The van der Waals surface area contributed by atoms with E-state index in [0.29, 0.717) is 6.54 Å². The SMILES string of the molecule is CN=C(NC)NCc1ccccc1OC(C)(C)C. The molecule has 1 aromatic rings. The minimum Gasteiger partial charge on any atom is -0.488 e. The second kappa shape index (κ2) is 6.28. The molecule has 0 aromatic heterocycles. The maximum atomic E-state index is 5.93. The molecule has 0 fully saturated rings. The van der Waals surface area contributed by atoms with E-state index in [1.54, 1.807) is 7.05 Å². The summed E-state index contributed by atoms with van der Waals surface area (Å²) in [6, 6.07) is 8.04. The molecule has 4 nitrogen and oxygen atoms in total. The van der Waals surface area contributed by atoms with Gasteiger partial charge in [0.2, 0.25) is 0 Å². The molecule has 1 rings (SSSR count). The number of nitrogens with zero attached hydrogens (tertiary/aromatic N) is 1. The van der Waals surface area contributed by atoms with Crippen LogP contribution in [0, 0.1) is 0 Å². The highest BCUT2D eigenvalue weighted by atomic mass is 16.5. The second-order valence-electron chi connectivity index (χ2n) is 5.00. The number of guanidine groups is 1. The molecule has 1 aromatic carbocycles. The van der Waals surface area contributed by atoms with Gasteiger partial charge in [-0.25, -0.2) is 0 Å². The van der Waals surface area contributed by atoms with Crippen molar-refractivity contribution < 1.29 is 4.74 Å². The lowest BCUT2D eigenvalue weighted by Gasteiger charge is -2.23. The Balaban J connectivity index is 2.76. The zero-order chi connectivity index (χ0) is 13.6. The van der Waals surface area contributed by atoms with E-state index >= 15 is 0 Å². The zero-order valence-electron chi connectivity index (χ0n) is 11.9. The number of ether oxygens (including phenoxy) is 1. The van der Waals surface area contributed by atoms with Gasteiger partial charge in [-0.15, -0.1) is 0 Å². The Morgan fingerprint density at radius 1 is 1.28 bits per heavy atom. The lowest BCUT2D eigenvalue weighted by Crippen LogP contribution is -2.34. The molecular weight excluding hydrogens is 226 g/mol. The van der Waals surface area contributed by atoms with Crippen LogP contribution < -0.4 is 15.4 Å². The average molecular weight is 249 g/mol. The fourth-order valence-electron chi connectivity index (χ4n) is 1.54. The van der Waals surface area contributed by atoms with E-state index < -0.39 is 0 Å². The van der Waals surface area contributed by atoms with Gasteiger partial charge in [-0.1, -0.05) is 18.2 Å². The summed E-state index contributed by atoms with van der Waals surface area (Å²) in [5, 5.41) is 6.21. The van der Waals surface area contributed by atoms with Crippen molar-refractivity contribution in [2.45, 2.75) is 32.9 Å². The van der Waals surface area contributed by atoms with E-state index in [0.717, 1.165) is 17.3 Å². The predicted molar refractivity (Wildman–Crippen MR) is 76.1 cm³/mol. The highest BCUT2D eigenvalue weighted by Crippen LogP contribution is 2.22. The molecule has 0 heterocycles. The molecule has 0 aliphatic heterocycles. The molecule has 2 N–H and O–H groups in total. The van der Waals surface area contributed by atoms with E-state index in [1.807, 2.05) is 46.0 Å². The number of nitrogens with one attached hydrogen (secondary N) is 2. The first-order chi connectivity index (χ1) is 8.46. The molecule has 0 spiro atoms. The molecule has 18 heavy (non-hydrogen) atoms. The Morgan fingerprint density at radius 2 is 1.94 bits per heavy atom. The molecular formula is C14H23N3O. The first-order valence-corrected chi connectivity index (χ1v) is 6.11. The monoisotopic (exact) mass is 249 g/mol. The number of hydrogen-bond acceptors (Lipinski definition) is 2. The minimum atomic E-state index is -0.194. The summed E-state index contributed by atoms with van der Waals surface area (Å²) in [6.07, 6.45) is 0. The Kier molecular flexibility index (Phi) is 5.01. The highest BCUT2D eigenvalue weighted by Gasteiger charge is 2.14. The van der Waals surface area contributed by atoms with Gasteiger partial charge in [-0.2, -0.15) is 0 Å². The smallest absolute Gasteiger partial charge is 0.190 e. The number of rotatable bonds is 3. The molecule has 0 unspecified atom stereocenters. The second-order valence-corrected chi connectivity index (χ2v) is 5.00. The van der Waals surface area contributed by atoms with Crippen molar-refractivity contribution in [2.24, 2.45) is 4.99 Å². The molecule has 4 heteroatoms. The van der Waals surface area contributed by atoms with Gasteiger partial charge >= 0.3 is 0 Å². The third-order valence-corrected chi connectivity index (χ3v) is 2.30. The van der Waals surface area contributed by atoms with Gasteiger partial charge in [-0.05, 0) is 26.8 Å². The first kappa shape index (κ1) is 14.4. The van der Waals surface area contributed by atoms with Crippen LogP contribution in [0.1, 0.15) is 26.3 Å². The summed E-state index contributed by atoms with van der Waals surface area (Å²) in [5.41, 5.74) is 0.921. The van der Waals surface area contributed by atoms with Crippen LogP contribution in [0.3, 0.4) is 0 Å². The third kappa shape index (κ3) is 4.65. The average Bonchev–Trinajstić information content (AvgIpc) is 2.30. The van der Waals surface area contributed by atoms with Gasteiger partial charge in [0, 0.05) is 26.2 Å². The Bertz CT molecular complexity index is 408. The van der Waals surface area contributed by atoms with Crippen molar-refractivity contribution in [3.8, 4) is 5.75 Å². The van der Waals surface area contributed by atoms with Crippen LogP contribution in [0.4, 0.5) is 0 Å². The van der Waals surface area contributed by atoms with Crippen LogP contribution in [0.5, 0.6) is 5.75 Å². The van der Waals surface area contributed by atoms with Gasteiger partial charge in [-0.3, -0.25) is 4.99 Å². The third-order valence-electron chi connectivity index (χ3n) is 2.30. The van der Waals surface area contributed by atoms with E-state index in [1.165, 1.54) is 0 Å². The fraction of sp³-hybridized carbons (Fsp3) is 0.500. The molecule has 0 radical (unpaired) electrons. The molecule has 0 bridgehead atoms. The predicted octanol–water partition coefficient (Wildman–Crippen LogP) is 2.16. The van der Waals surface area contributed by atoms with E-state index in [2.05, 4.69) is 21.7 Å². The largest absolute Gasteiger partial charge is 0.488 e. The number of benzene rings is 1. The minimum absolute atomic E-state index is 0.194. The standard InChI is InChI=1S/C14H23N3O/c1-14(2,3)18-12-9-7-6-8-11(12)10-17-13(15-4)16-5/h6-9H,10H2,1-5H3,(H2,15,16,17). The maximum Gasteiger partial charge on any atom is 0.190 e. The van der Waals surface area contributed by atoms with Gasteiger partial charge in [0.05, 0.1) is 0 Å². The maximum absolute atomic E-state index is 5.93. The number of para-hydroxylation sites is 1. The van der Waals surface area contributed by atoms with Gasteiger partial charge in [0.25, 0.3) is 0 Å². The lowest BCUT2D eigenvalue weighted by molar-refractivity contribution is 0.129. The molecule has 0 saturated carbocycles. The zero-order valence-corrected chi connectivity index (χ0v) is 11.9. The van der Waals surface area contributed by atoms with Gasteiger partial charge in [0.1, 0.15) is 11.4 Å². The van der Waals surface area contributed by atoms with E-state index in [4.69, 9.17) is 4.74 Å². The quantitative estimate of drug-likeness (QED) is 0.637. The van der Waals surface area contributed by atoms with Crippen LogP contribution >= 0.6 is 0 Å². The highest BCUT2D eigenvalue weighted by molar-refractivity contribution is 5.79. The van der Waals surface area contributed by atoms with Crippen molar-refractivity contribution in [3.05, 3.63) is 29.8 Å². The molecule has 0 aliphatic rings. The van der Waals surface area contributed by atoms with Gasteiger partial charge < -0.3 is 15.4 Å². The van der Waals surface area contributed by atoms with Gasteiger partial charge in [0.15, 0.2) is 5.96 Å². The summed E-state index contributed by atoms with van der Waals surface area (Å²) in [7, 11) is 3.59. The summed E-state index contributed by atoms with van der Waals surface area (Å²) >= 11 is 0. The lowest BCUT2D eigenvalue weighted by atomic mass is 10.1. The Labute approximate surface area is 109 Å². The first-order valence-electron chi connectivity index (χ1n) is 6.11. The van der Waals surface area contributed by atoms with Crippen molar-refractivity contribution >= 4 is 5.96 Å². The van der Waals surface area contributed by atoms with Crippen molar-refractivity contribution in [1.29, 1.82) is 0 Å². The number of aliphatic imine (C=N–C) groups is 1. The van der Waals surface area contributed by atoms with Crippen LogP contribution in [-0.4, -0.2) is 25.7 Å². The summed E-state index contributed by atoms with van der Waals surface area (Å²) in [6.45, 7) is 6.82. The van der Waals surface area contributed by atoms with Crippen molar-refractivity contribution in [2.75, 3.05) is 14.1 Å². The Hall–Kier alpha value is -1.71. The van der Waals surface area contributed by atoms with Crippen LogP contribution in [0.25, 0.3) is 0 Å². The summed E-state index contributed by atoms with van der Waals surface area (Å²) < 4.78 is 5.93. The molecule has 0 amide bonds. The Morgan fingerprint density at radius 3 is 2.50 bits per heavy atom. The normalized spacial score (nSPS) is 12.2. The van der Waals surface area contributed by atoms with E-state index in [-0.39, 0.29) is 5.60 Å². The molecule has 100 valence electrons. The number of hydrogen-bond donors (Lipinski definition) is 2. The van der Waals surface area contributed by atoms with Crippen LogP contribution in [0.15, 0.2) is 29.3 Å². The molecule has 0 saturated heterocycles. The summed E-state index contributed by atoms with van der Waals surface area (Å²) in [4.78, 5) is 4.08. The van der Waals surface area contributed by atoms with Crippen LogP contribution in [0.2, 0.25) is 0 Å². The van der Waals surface area contributed by atoms with Crippen LogP contribution in [-0.2, 0) is 6.54 Å². The topological polar surface area (TPSA) is 45.7 Å². The molecule has 0 aliphatic carbocycles. The fourth-order valence-corrected chi connectivity index (χ4v) is 1.54. The molecule has 0 atom stereocenters. The van der Waals surface area contributed by atoms with E-state index in [9.17, 15) is 0 Å². The van der Waals surface area contributed by atoms with Crippen molar-refractivity contribution in [3.63, 3.8) is 0 Å².